The second kappa shape index (κ2) is 8.44. The average Bonchev–Trinajstić information content (AvgIpc) is 2.58. The highest BCUT2D eigenvalue weighted by Crippen LogP contribution is 2.20. The molecule has 23 heavy (non-hydrogen) atoms. The summed E-state index contributed by atoms with van der Waals surface area (Å²) in [6, 6.07) is 15.0. The molecule has 6 nitrogen and oxygen atoms in total. The minimum absolute atomic E-state index is 0.134. The maximum Gasteiger partial charge on any atom is 0.252 e. The summed E-state index contributed by atoms with van der Waals surface area (Å²) >= 11 is 0.923. The van der Waals surface area contributed by atoms with Crippen molar-refractivity contribution >= 4 is 23.7 Å². The van der Waals surface area contributed by atoms with Crippen LogP contribution < -0.4 is 11.2 Å². The molecule has 0 spiro atoms. The maximum atomic E-state index is 12.3. The van der Waals surface area contributed by atoms with Gasteiger partial charge in [-0.3, -0.25) is 9.59 Å². The first-order valence-electron chi connectivity index (χ1n) is 6.78. The molecule has 0 saturated carbocycles. The molecule has 2 aromatic rings. The van der Waals surface area contributed by atoms with E-state index >= 15 is 0 Å². The number of hydrogen-bond acceptors (Lipinski definition) is 6. The molecule has 0 aliphatic carbocycles. The number of nitrogens with one attached hydrogen (secondary N) is 1. The fourth-order valence-corrected chi connectivity index (χ4v) is 2.37. The number of nitrogens with two attached hydrogens (primary N) is 1. The van der Waals surface area contributed by atoms with E-state index in [1.807, 2.05) is 18.2 Å². The van der Waals surface area contributed by atoms with Gasteiger partial charge in [0.05, 0.1) is 12.0 Å². The molecule has 0 aliphatic rings. The number of rotatable bonds is 7. The van der Waals surface area contributed by atoms with Gasteiger partial charge >= 0.3 is 0 Å². The first kappa shape index (κ1) is 17.2. The molecule has 0 bridgehead atoms. The summed E-state index contributed by atoms with van der Waals surface area (Å²) in [5.74, 6) is 4.29. The van der Waals surface area contributed by atoms with Crippen molar-refractivity contribution in [3.8, 4) is 0 Å². The van der Waals surface area contributed by atoms with Gasteiger partial charge in [-0.2, -0.15) is 5.90 Å². The molecule has 0 heterocycles. The third-order valence-corrected chi connectivity index (χ3v) is 3.71. The first-order chi connectivity index (χ1) is 11.1. The smallest absolute Gasteiger partial charge is 0.252 e. The van der Waals surface area contributed by atoms with Crippen LogP contribution in [0.5, 0.6) is 0 Å². The van der Waals surface area contributed by atoms with E-state index in [1.54, 1.807) is 36.4 Å². The minimum Gasteiger partial charge on any atom is -0.338 e. The Morgan fingerprint density at radius 2 is 1.74 bits per heavy atom. The Hall–Kier alpha value is -2.19. The molecule has 1 unspecified atom stereocenters. The summed E-state index contributed by atoms with van der Waals surface area (Å²) in [4.78, 5) is 28.9. The molecular formula is C16H16N2O4S. The predicted octanol–water partition coefficient (Wildman–Crippen LogP) is 2.58. The quantitative estimate of drug-likeness (QED) is 0.460. The zero-order valence-corrected chi connectivity index (χ0v) is 13.2. The number of benzene rings is 2. The van der Waals surface area contributed by atoms with E-state index < -0.39 is 6.04 Å². The zero-order valence-electron chi connectivity index (χ0n) is 12.4. The SMILES string of the molecule is CC(=O)C(NC(=O)c1ccc(SOON)cc1)c1ccccc1. The van der Waals surface area contributed by atoms with E-state index in [1.165, 1.54) is 6.92 Å². The lowest BCUT2D eigenvalue weighted by Crippen LogP contribution is -2.32. The van der Waals surface area contributed by atoms with Crippen LogP contribution in [-0.2, 0) is 14.1 Å². The van der Waals surface area contributed by atoms with Crippen LogP contribution in [0.1, 0.15) is 28.9 Å². The molecular weight excluding hydrogens is 316 g/mol. The number of hydrogen-bond donors (Lipinski definition) is 2. The Morgan fingerprint density at radius 1 is 1.09 bits per heavy atom. The van der Waals surface area contributed by atoms with Crippen molar-refractivity contribution in [1.29, 1.82) is 0 Å². The van der Waals surface area contributed by atoms with Crippen LogP contribution in [0, 0.1) is 0 Å². The average molecular weight is 332 g/mol. The fraction of sp³-hybridized carbons (Fsp3) is 0.125. The molecule has 3 N–H and O–H groups in total. The molecule has 0 aliphatic heterocycles. The van der Waals surface area contributed by atoms with Crippen LogP contribution in [0.25, 0.3) is 0 Å². The Bertz CT molecular complexity index is 662. The van der Waals surface area contributed by atoms with Crippen LogP contribution in [0.15, 0.2) is 59.5 Å². The van der Waals surface area contributed by atoms with Crippen molar-refractivity contribution in [2.45, 2.75) is 17.9 Å². The molecule has 120 valence electrons. The largest absolute Gasteiger partial charge is 0.338 e. The highest BCUT2D eigenvalue weighted by atomic mass is 32.2. The van der Waals surface area contributed by atoms with Crippen molar-refractivity contribution in [3.05, 3.63) is 65.7 Å². The molecule has 1 atom stereocenters. The molecule has 0 saturated heterocycles. The van der Waals surface area contributed by atoms with Gasteiger partial charge < -0.3 is 5.32 Å². The molecule has 0 aromatic heterocycles. The Morgan fingerprint density at radius 3 is 2.30 bits per heavy atom. The summed E-state index contributed by atoms with van der Waals surface area (Å²) in [7, 11) is 0. The zero-order chi connectivity index (χ0) is 16.7. The number of carbonyl (C=O) groups is 2. The third-order valence-electron chi connectivity index (χ3n) is 3.10. The number of amides is 1. The van der Waals surface area contributed by atoms with Crippen LogP contribution in [0.4, 0.5) is 0 Å². The van der Waals surface area contributed by atoms with Crippen LogP contribution in [0.2, 0.25) is 0 Å². The van der Waals surface area contributed by atoms with Gasteiger partial charge in [0.15, 0.2) is 5.78 Å². The van der Waals surface area contributed by atoms with E-state index in [-0.39, 0.29) is 11.7 Å². The summed E-state index contributed by atoms with van der Waals surface area (Å²) in [6.45, 7) is 1.45. The van der Waals surface area contributed by atoms with Gasteiger partial charge in [0.2, 0.25) is 0 Å². The molecule has 2 rings (SSSR count). The lowest BCUT2D eigenvalue weighted by Gasteiger charge is -2.16. The Labute approximate surface area is 138 Å². The molecule has 0 fully saturated rings. The van der Waals surface area contributed by atoms with Gasteiger partial charge in [-0.15, -0.1) is 9.32 Å². The van der Waals surface area contributed by atoms with Crippen LogP contribution in [-0.4, -0.2) is 11.7 Å². The summed E-state index contributed by atoms with van der Waals surface area (Å²) in [6.07, 6.45) is 0. The Balaban J connectivity index is 2.08. The lowest BCUT2D eigenvalue weighted by molar-refractivity contribution is -0.195. The highest BCUT2D eigenvalue weighted by molar-refractivity contribution is 7.94. The van der Waals surface area contributed by atoms with E-state index in [0.717, 1.165) is 22.5 Å². The van der Waals surface area contributed by atoms with E-state index in [4.69, 9.17) is 5.90 Å². The summed E-state index contributed by atoms with van der Waals surface area (Å²) in [5, 5.41) is 2.74. The normalized spacial score (nSPS) is 11.7. The van der Waals surface area contributed by atoms with Crippen molar-refractivity contribution in [3.63, 3.8) is 0 Å². The number of Topliss-reactive ketones (excluding diaryl/α,β-unsaturated/α-hetero) is 1. The van der Waals surface area contributed by atoms with Crippen LogP contribution in [0.3, 0.4) is 0 Å². The summed E-state index contributed by atoms with van der Waals surface area (Å²) < 4.78 is 4.52. The minimum atomic E-state index is -0.674. The second-order valence-electron chi connectivity index (χ2n) is 4.70. The number of ketones is 1. The van der Waals surface area contributed by atoms with Crippen molar-refractivity contribution in [1.82, 2.24) is 5.32 Å². The molecule has 0 radical (unpaired) electrons. The molecule has 1 amide bonds. The second-order valence-corrected chi connectivity index (χ2v) is 5.47. The van der Waals surface area contributed by atoms with Gasteiger partial charge in [-0.05, 0) is 36.8 Å². The third kappa shape index (κ3) is 4.90. The fourth-order valence-electron chi connectivity index (χ4n) is 2.00. The van der Waals surface area contributed by atoms with E-state index in [9.17, 15) is 9.59 Å². The first-order valence-corrected chi connectivity index (χ1v) is 7.52. The lowest BCUT2D eigenvalue weighted by atomic mass is 10.0. The maximum absolute atomic E-state index is 12.3. The van der Waals surface area contributed by atoms with Gasteiger partial charge in [-0.1, -0.05) is 30.3 Å². The van der Waals surface area contributed by atoms with Crippen LogP contribution >= 0.6 is 12.0 Å². The Kier molecular flexibility index (Phi) is 6.30. The van der Waals surface area contributed by atoms with Gasteiger partial charge in [0, 0.05) is 10.5 Å². The molecule has 2 aromatic carbocycles. The number of carbonyl (C=O) groups excluding carboxylic acids is 2. The highest BCUT2D eigenvalue weighted by Gasteiger charge is 2.19. The van der Waals surface area contributed by atoms with Crippen molar-refractivity contribution < 1.29 is 18.9 Å². The van der Waals surface area contributed by atoms with E-state index in [0.29, 0.717) is 5.56 Å². The summed E-state index contributed by atoms with van der Waals surface area (Å²) in [5.41, 5.74) is 1.18. The van der Waals surface area contributed by atoms with Gasteiger partial charge in [0.25, 0.3) is 5.91 Å². The van der Waals surface area contributed by atoms with Crippen molar-refractivity contribution in [2.24, 2.45) is 5.90 Å². The molecule has 7 heteroatoms. The predicted molar refractivity (Wildman–Crippen MR) is 86.0 cm³/mol. The van der Waals surface area contributed by atoms with E-state index in [2.05, 4.69) is 14.6 Å². The van der Waals surface area contributed by atoms with Crippen molar-refractivity contribution in [2.75, 3.05) is 0 Å². The van der Waals surface area contributed by atoms with Gasteiger partial charge in [0.1, 0.15) is 6.04 Å². The van der Waals surface area contributed by atoms with Gasteiger partial charge in [-0.25, -0.2) is 0 Å². The topological polar surface area (TPSA) is 90.7 Å². The monoisotopic (exact) mass is 332 g/mol. The standard InChI is InChI=1S/C16H16N2O4S/c1-11(19)15(12-5-3-2-4-6-12)18-16(20)13-7-9-14(10-8-13)23-22-21-17/h2-10,15H,17H2,1H3,(H,18,20).